The molecule has 5 nitrogen and oxygen atoms in total. The molecule has 5 heteroatoms. The Morgan fingerprint density at radius 3 is 2.65 bits per heavy atom. The number of aryl methyl sites for hydroxylation is 1. The van der Waals surface area contributed by atoms with E-state index in [0.717, 1.165) is 41.2 Å². The van der Waals surface area contributed by atoms with Crippen LogP contribution in [0.2, 0.25) is 0 Å². The summed E-state index contributed by atoms with van der Waals surface area (Å²) in [7, 11) is 0. The number of benzene rings is 1. The maximum absolute atomic E-state index is 11.3. The Bertz CT molecular complexity index is 1240. The third kappa shape index (κ3) is 3.53. The molecule has 1 N–H and O–H groups in total. The molecule has 0 amide bonds. The van der Waals surface area contributed by atoms with Crippen LogP contribution in [0.1, 0.15) is 85.6 Å². The van der Waals surface area contributed by atoms with Crippen LogP contribution in [0.4, 0.5) is 0 Å². The summed E-state index contributed by atoms with van der Waals surface area (Å²) in [6.07, 6.45) is 4.52. The number of aliphatic carboxylic acids is 1. The number of carbonyl (C=O) groups is 1. The number of pyridine rings is 1. The van der Waals surface area contributed by atoms with Gasteiger partial charge in [0.1, 0.15) is 11.7 Å². The summed E-state index contributed by atoms with van der Waals surface area (Å²) in [4.78, 5) is 16.4. The van der Waals surface area contributed by atoms with Crippen molar-refractivity contribution in [2.75, 3.05) is 0 Å². The molecule has 0 radical (unpaired) electrons. The van der Waals surface area contributed by atoms with Gasteiger partial charge in [-0.2, -0.15) is 5.26 Å². The van der Waals surface area contributed by atoms with Gasteiger partial charge in [0.25, 0.3) is 0 Å². The van der Waals surface area contributed by atoms with Crippen LogP contribution >= 0.6 is 0 Å². The van der Waals surface area contributed by atoms with Gasteiger partial charge in [-0.1, -0.05) is 52.0 Å². The average molecular weight is 414 g/mol. The zero-order chi connectivity index (χ0) is 22.3. The lowest BCUT2D eigenvalue weighted by Gasteiger charge is -2.19. The molecule has 0 fully saturated rings. The van der Waals surface area contributed by atoms with Gasteiger partial charge in [0.2, 0.25) is 0 Å². The molecule has 1 unspecified atom stereocenters. The monoisotopic (exact) mass is 413 g/mol. The highest BCUT2D eigenvalue weighted by Gasteiger charge is 2.30. The molecule has 1 aliphatic rings. The van der Waals surface area contributed by atoms with Crippen LogP contribution in [-0.4, -0.2) is 20.6 Å². The van der Waals surface area contributed by atoms with Crippen LogP contribution in [-0.2, 0) is 11.2 Å². The van der Waals surface area contributed by atoms with Gasteiger partial charge < -0.3 is 9.67 Å². The van der Waals surface area contributed by atoms with E-state index in [2.05, 4.69) is 56.5 Å². The smallest absolute Gasteiger partial charge is 0.328 e. The van der Waals surface area contributed by atoms with Crippen molar-refractivity contribution >= 4 is 23.1 Å². The molecule has 0 bridgehead atoms. The Morgan fingerprint density at radius 2 is 2.00 bits per heavy atom. The summed E-state index contributed by atoms with van der Waals surface area (Å²) < 4.78 is 2.11. The molecule has 31 heavy (non-hydrogen) atoms. The van der Waals surface area contributed by atoms with Crippen molar-refractivity contribution in [3.63, 3.8) is 0 Å². The number of carboxylic acids is 1. The summed E-state index contributed by atoms with van der Waals surface area (Å²) in [5, 5.41) is 20.3. The molecule has 3 aromatic rings. The summed E-state index contributed by atoms with van der Waals surface area (Å²) in [5.41, 5.74) is 6.49. The molecule has 158 valence electrons. The van der Waals surface area contributed by atoms with E-state index in [1.807, 2.05) is 12.1 Å². The molecule has 0 spiro atoms. The highest BCUT2D eigenvalue weighted by molar-refractivity contribution is 5.94. The first-order chi connectivity index (χ1) is 14.8. The predicted octanol–water partition coefficient (Wildman–Crippen LogP) is 5.79. The molecule has 4 rings (SSSR count). The number of carboxylic acid groups (broad SMARTS) is 1. The third-order valence-electron chi connectivity index (χ3n) is 6.17. The Kier molecular flexibility index (Phi) is 5.41. The molecule has 1 aliphatic carbocycles. The van der Waals surface area contributed by atoms with Gasteiger partial charge in [-0.15, -0.1) is 0 Å². The van der Waals surface area contributed by atoms with Crippen molar-refractivity contribution in [3.05, 3.63) is 70.0 Å². The lowest BCUT2D eigenvalue weighted by molar-refractivity contribution is -0.131. The number of hydrogen-bond donors (Lipinski definition) is 1. The second-order valence-electron chi connectivity index (χ2n) is 8.81. The van der Waals surface area contributed by atoms with E-state index in [0.29, 0.717) is 11.3 Å². The molecule has 2 heterocycles. The normalized spacial score (nSPS) is 15.8. The highest BCUT2D eigenvalue weighted by atomic mass is 16.4. The van der Waals surface area contributed by atoms with Crippen molar-refractivity contribution in [1.29, 1.82) is 5.26 Å². The van der Waals surface area contributed by atoms with Crippen LogP contribution in [0.25, 0.3) is 17.1 Å². The maximum Gasteiger partial charge on any atom is 0.328 e. The summed E-state index contributed by atoms with van der Waals surface area (Å²) >= 11 is 0. The number of nitriles is 1. The van der Waals surface area contributed by atoms with Crippen LogP contribution in [0.5, 0.6) is 0 Å². The van der Waals surface area contributed by atoms with Crippen molar-refractivity contribution in [3.8, 4) is 6.07 Å². The topological polar surface area (TPSA) is 78.9 Å². The van der Waals surface area contributed by atoms with Crippen LogP contribution in [0, 0.1) is 11.3 Å². The fourth-order valence-electron chi connectivity index (χ4n) is 4.66. The quantitative estimate of drug-likeness (QED) is 0.537. The summed E-state index contributed by atoms with van der Waals surface area (Å²) in [6, 6.07) is 12.9. The van der Waals surface area contributed by atoms with Gasteiger partial charge in [0.15, 0.2) is 0 Å². The molecule has 0 saturated heterocycles. The average Bonchev–Trinajstić information content (AvgIpc) is 3.29. The molecule has 2 aromatic heterocycles. The molecular weight excluding hydrogens is 386 g/mol. The number of fused-ring (bicyclic) bond motifs is 2. The lowest BCUT2D eigenvalue weighted by atomic mass is 9.95. The van der Waals surface area contributed by atoms with Crippen LogP contribution in [0.3, 0.4) is 0 Å². The second-order valence-corrected chi connectivity index (χ2v) is 8.81. The van der Waals surface area contributed by atoms with E-state index >= 15 is 0 Å². The van der Waals surface area contributed by atoms with E-state index in [9.17, 15) is 15.2 Å². The number of hydrogen-bond acceptors (Lipinski definition) is 3. The fourth-order valence-corrected chi connectivity index (χ4v) is 4.66. The van der Waals surface area contributed by atoms with Gasteiger partial charge in [-0.25, -0.2) is 9.78 Å². The van der Waals surface area contributed by atoms with Crippen molar-refractivity contribution in [2.24, 2.45) is 0 Å². The summed E-state index contributed by atoms with van der Waals surface area (Å²) in [5.74, 6) is -0.588. The van der Waals surface area contributed by atoms with Crippen molar-refractivity contribution in [1.82, 2.24) is 9.55 Å². The number of nitrogens with zero attached hydrogens (tertiary/aromatic N) is 3. The molecule has 1 atom stereocenters. The van der Waals surface area contributed by atoms with Crippen LogP contribution < -0.4 is 0 Å². The minimum Gasteiger partial charge on any atom is -0.478 e. The zero-order valence-corrected chi connectivity index (χ0v) is 18.4. The lowest BCUT2D eigenvalue weighted by Crippen LogP contribution is -2.11. The third-order valence-corrected chi connectivity index (χ3v) is 6.17. The van der Waals surface area contributed by atoms with E-state index < -0.39 is 5.97 Å². The van der Waals surface area contributed by atoms with Gasteiger partial charge >= 0.3 is 5.97 Å². The second kappa shape index (κ2) is 8.03. The minimum absolute atomic E-state index is 0.0177. The van der Waals surface area contributed by atoms with E-state index in [1.165, 1.54) is 11.1 Å². The largest absolute Gasteiger partial charge is 0.478 e. The van der Waals surface area contributed by atoms with Crippen LogP contribution in [0.15, 0.2) is 36.4 Å². The predicted molar refractivity (Wildman–Crippen MR) is 122 cm³/mol. The Morgan fingerprint density at radius 1 is 1.26 bits per heavy atom. The van der Waals surface area contributed by atoms with Crippen molar-refractivity contribution < 1.29 is 9.90 Å². The zero-order valence-electron chi connectivity index (χ0n) is 18.4. The number of aromatic nitrogens is 2. The van der Waals surface area contributed by atoms with E-state index in [1.54, 1.807) is 6.08 Å². The fraction of sp³-hybridized carbons (Fsp3) is 0.346. The van der Waals surface area contributed by atoms with E-state index in [4.69, 9.17) is 4.98 Å². The first kappa shape index (κ1) is 20.9. The highest BCUT2D eigenvalue weighted by Crippen LogP contribution is 2.42. The Labute approximate surface area is 182 Å². The van der Waals surface area contributed by atoms with Gasteiger partial charge in [-0.3, -0.25) is 0 Å². The SMILES string of the molecule is CC(C)c1cc(C(C)C)c2c(C#N)c(C=CC(=O)O)n(C3CCc4ccccc43)c2n1. The van der Waals surface area contributed by atoms with Gasteiger partial charge in [0.05, 0.1) is 17.3 Å². The van der Waals surface area contributed by atoms with Crippen molar-refractivity contribution in [2.45, 2.75) is 58.4 Å². The van der Waals surface area contributed by atoms with Gasteiger partial charge in [-0.05, 0) is 53.5 Å². The first-order valence-electron chi connectivity index (χ1n) is 10.8. The van der Waals surface area contributed by atoms with E-state index in [-0.39, 0.29) is 17.9 Å². The first-order valence-corrected chi connectivity index (χ1v) is 10.8. The molecule has 0 saturated carbocycles. The summed E-state index contributed by atoms with van der Waals surface area (Å²) in [6.45, 7) is 8.48. The molecular formula is C26H27N3O2. The maximum atomic E-state index is 11.3. The Hall–Kier alpha value is -3.39. The van der Waals surface area contributed by atoms with Gasteiger partial charge in [0, 0.05) is 17.2 Å². The molecule has 0 aliphatic heterocycles. The number of rotatable bonds is 5. The Balaban J connectivity index is 2.13. The standard InChI is InChI=1S/C26H27N3O2/c1-15(2)19-13-21(16(3)4)28-26-25(19)20(14-27)23(11-12-24(30)31)29(26)22-10-9-17-7-5-6-8-18(17)22/h5-8,11-13,15-16,22H,9-10H2,1-4H3,(H,30,31). The molecule has 1 aromatic carbocycles. The minimum atomic E-state index is -1.03.